The second-order valence-electron chi connectivity index (χ2n) is 24.0. The molecule has 1 unspecified atom stereocenters. The summed E-state index contributed by atoms with van der Waals surface area (Å²) in [6.07, 6.45) is -8.65. The highest BCUT2D eigenvalue weighted by atomic mass is 32.2. The van der Waals surface area contributed by atoms with Crippen LogP contribution in [-0.4, -0.2) is 0 Å². The predicted molar refractivity (Wildman–Crippen MR) is 422 cm³/mol. The maximum absolute atomic E-state index is 13.2. The summed E-state index contributed by atoms with van der Waals surface area (Å²) in [7, 11) is -2.08. The van der Waals surface area contributed by atoms with Crippen molar-refractivity contribution in [3.05, 3.63) is 452 Å². The first kappa shape index (κ1) is 80.2. The Bertz CT molecular complexity index is 5000. The molecule has 0 spiro atoms. The van der Waals surface area contributed by atoms with E-state index in [1.165, 1.54) is 94.7 Å². The normalized spacial score (nSPS) is 11.4. The lowest BCUT2D eigenvalue weighted by Crippen LogP contribution is -2.09. The number of rotatable bonds is 15. The molecule has 0 saturated carbocycles. The van der Waals surface area contributed by atoms with Crippen molar-refractivity contribution in [1.82, 2.24) is 0 Å². The Balaban J connectivity index is 0.000000137. The van der Waals surface area contributed by atoms with Crippen molar-refractivity contribution in [2.75, 3.05) is 0 Å². The minimum absolute atomic E-state index is 0.190. The van der Waals surface area contributed by atoms with E-state index in [9.17, 15) is 52.7 Å². The van der Waals surface area contributed by atoms with Crippen LogP contribution in [0.1, 0.15) is 16.7 Å². The maximum Gasteiger partial charge on any atom is 0.416 e. The number of benzene rings is 15. The van der Waals surface area contributed by atoms with Crippen LogP contribution in [0.25, 0.3) is 0 Å². The molecule has 0 heterocycles. The second kappa shape index (κ2) is 39.0. The average molecular weight is 1570 g/mol. The second-order valence-corrected chi connectivity index (χ2v) is 34.1. The molecule has 0 aliphatic heterocycles. The quantitative estimate of drug-likeness (QED) is 0.0709. The lowest BCUT2D eigenvalue weighted by molar-refractivity contribution is -0.138. The van der Waals surface area contributed by atoms with Crippen molar-refractivity contribution in [3.63, 3.8) is 0 Å². The highest BCUT2D eigenvalue weighted by Gasteiger charge is 2.37. The monoisotopic (exact) mass is 1570 g/mol. The van der Waals surface area contributed by atoms with E-state index in [1.807, 2.05) is 201 Å². The molecule has 550 valence electrons. The van der Waals surface area contributed by atoms with Gasteiger partial charge in [-0.1, -0.05) is 133 Å². The number of hydrogen-bond acceptors (Lipinski definition) is 0. The van der Waals surface area contributed by atoms with Gasteiger partial charge in [0.15, 0.2) is 73.4 Å². The Hall–Kier alpha value is -10.8. The van der Waals surface area contributed by atoms with Gasteiger partial charge in [-0.15, -0.1) is 0 Å². The molecule has 0 fully saturated rings. The summed E-state index contributed by atoms with van der Waals surface area (Å²) < 4.78 is 157. The summed E-state index contributed by atoms with van der Waals surface area (Å²) in [5.41, 5.74) is -0.0751. The van der Waals surface area contributed by atoms with Gasteiger partial charge in [0.1, 0.15) is 34.9 Å². The fraction of sp³-hybridized carbons (Fsp3) is 0.0323. The van der Waals surface area contributed by atoms with Gasteiger partial charge in [0.25, 0.3) is 0 Å². The van der Waals surface area contributed by atoms with Gasteiger partial charge in [0.2, 0.25) is 0 Å². The molecule has 0 nitrogen and oxygen atoms in total. The van der Waals surface area contributed by atoms with Crippen molar-refractivity contribution in [1.29, 1.82) is 0 Å². The van der Waals surface area contributed by atoms with Crippen LogP contribution in [0.4, 0.5) is 52.7 Å². The third-order valence-electron chi connectivity index (χ3n) is 16.2. The van der Waals surface area contributed by atoms with E-state index in [0.717, 1.165) is 82.5 Å². The van der Waals surface area contributed by atoms with E-state index in [0.29, 0.717) is 4.90 Å². The Labute approximate surface area is 647 Å². The molecule has 0 radical (unpaired) electrons. The number of hydrogen-bond donors (Lipinski definition) is 0. The minimum atomic E-state index is -4.33. The van der Waals surface area contributed by atoms with Crippen LogP contribution in [-0.2, 0) is 66.8 Å². The van der Waals surface area contributed by atoms with E-state index in [2.05, 4.69) is 24.3 Å². The summed E-state index contributed by atoms with van der Waals surface area (Å²) in [5.74, 6) is -1.65. The fourth-order valence-corrected chi connectivity index (χ4v) is 21.4. The molecule has 0 aromatic heterocycles. The van der Waals surface area contributed by atoms with Crippen molar-refractivity contribution < 1.29 is 52.7 Å². The predicted octanol–water partition coefficient (Wildman–Crippen LogP) is 27.1. The van der Waals surface area contributed by atoms with Crippen LogP contribution in [0.5, 0.6) is 0 Å². The van der Waals surface area contributed by atoms with Gasteiger partial charge in [0.05, 0.1) is 65.6 Å². The van der Waals surface area contributed by atoms with Crippen LogP contribution in [0, 0.1) is 41.8 Å². The largest absolute Gasteiger partial charge is 0.416 e. The molecule has 0 amide bonds. The number of alkyl halides is 6. The van der Waals surface area contributed by atoms with Crippen LogP contribution < -0.4 is 0 Å². The van der Waals surface area contributed by atoms with E-state index < -0.39 is 56.2 Å². The lowest BCUT2D eigenvalue weighted by Gasteiger charge is -2.10. The standard InChI is InChI=1S/C20H16F3S.C19H14F3S.C18H12F3S.C18H13F2S.C18H14FS/c1-15-7-11-18(12-8-15)24(17-5-3-2-4-6-17)19-13-9-16(10-14-19)20(21,22)23;20-19(21,22)15-8-7-13-18(14-15)23(16-9-3-1-4-10-16)17-11-5-2-6-12-17;19-13-1-7-16(8-2-13)22(17-9-3-14(20)4-10-17)18-11-5-15(21)6-12-18;19-14-6-10-17(11-7-14)21(16-4-2-1-3-5-16)18-12-8-15(20)9-13-18;19-15-11-13-18(14-12-15)20(16-7-3-1-4-8-16)17-9-5-2-6-10-17/h2-14H,1H3;1-14H;1-12H;1-13H;1-14H/q5*+1. The molecule has 15 aromatic carbocycles. The van der Waals surface area contributed by atoms with Crippen LogP contribution in [0.2, 0.25) is 0 Å². The first-order chi connectivity index (χ1) is 53.2. The van der Waals surface area contributed by atoms with Gasteiger partial charge in [-0.05, 0) is 274 Å². The molecule has 15 rings (SSSR count). The van der Waals surface area contributed by atoms with E-state index >= 15 is 0 Å². The molecular formula is C93H69F12S5+5. The minimum Gasteiger partial charge on any atom is -0.207 e. The van der Waals surface area contributed by atoms with Gasteiger partial charge in [-0.25, -0.2) is 26.3 Å². The average Bonchev–Trinajstić information content (AvgIpc) is 0.832. The van der Waals surface area contributed by atoms with Gasteiger partial charge in [0, 0.05) is 6.07 Å². The molecule has 15 aromatic rings. The zero-order chi connectivity index (χ0) is 77.4. The van der Waals surface area contributed by atoms with E-state index in [1.54, 1.807) is 78.9 Å². The molecule has 1 atom stereocenters. The van der Waals surface area contributed by atoms with Crippen LogP contribution in [0.15, 0.2) is 474 Å². The van der Waals surface area contributed by atoms with Crippen molar-refractivity contribution in [2.24, 2.45) is 0 Å². The first-order valence-electron chi connectivity index (χ1n) is 34.2. The van der Waals surface area contributed by atoms with Crippen molar-refractivity contribution in [3.8, 4) is 0 Å². The summed E-state index contributed by atoms with van der Waals surface area (Å²) in [6, 6.07) is 117. The molecule has 0 aliphatic rings. The highest BCUT2D eigenvalue weighted by Crippen LogP contribution is 2.39. The molecule has 0 bridgehead atoms. The zero-order valence-electron chi connectivity index (χ0n) is 58.7. The Morgan fingerprint density at radius 1 is 0.164 bits per heavy atom. The van der Waals surface area contributed by atoms with Gasteiger partial charge < -0.3 is 0 Å². The SMILES string of the molecule is Cc1ccc([S+](c2ccccc2)c2ccc(C(F)(F)F)cc2)cc1.FC(F)(F)c1cccc([S+](c2ccccc2)c2ccccc2)c1.Fc1ccc([S+](c2ccc(F)cc2)c2ccc(F)cc2)cc1.Fc1ccc([S+](c2ccccc2)c2ccc(F)cc2)cc1.Fc1ccc([S+](c2ccccc2)c2ccccc2)cc1. The smallest absolute Gasteiger partial charge is 0.207 e. The molecule has 0 saturated heterocycles. The molecule has 0 N–H and O–H groups in total. The zero-order valence-corrected chi connectivity index (χ0v) is 62.8. The van der Waals surface area contributed by atoms with Gasteiger partial charge >= 0.3 is 12.4 Å². The van der Waals surface area contributed by atoms with E-state index in [4.69, 9.17) is 0 Å². The third kappa shape index (κ3) is 22.7. The summed E-state index contributed by atoms with van der Waals surface area (Å²) >= 11 is 0. The number of aryl methyl sites for hydroxylation is 1. The summed E-state index contributed by atoms with van der Waals surface area (Å²) in [4.78, 5) is 15.1. The first-order valence-corrected chi connectivity index (χ1v) is 40.3. The lowest BCUT2D eigenvalue weighted by atomic mass is 10.2. The maximum atomic E-state index is 13.2. The Morgan fingerprint density at radius 3 is 0.527 bits per heavy atom. The molecular weight excluding hydrogens is 1510 g/mol. The fourth-order valence-electron chi connectivity index (χ4n) is 11.1. The topological polar surface area (TPSA) is 0 Å². The van der Waals surface area contributed by atoms with Gasteiger partial charge in [-0.3, -0.25) is 0 Å². The third-order valence-corrected chi connectivity index (χ3v) is 27.4. The van der Waals surface area contributed by atoms with Crippen LogP contribution in [0.3, 0.4) is 0 Å². The van der Waals surface area contributed by atoms with Crippen LogP contribution >= 0.6 is 0 Å². The number of halogens is 12. The molecule has 0 aliphatic carbocycles. The van der Waals surface area contributed by atoms with Crippen molar-refractivity contribution in [2.45, 2.75) is 92.7 Å². The molecule has 17 heteroatoms. The Morgan fingerprint density at radius 2 is 0.327 bits per heavy atom. The Kier molecular flexibility index (Phi) is 28.5. The van der Waals surface area contributed by atoms with E-state index in [-0.39, 0.29) is 56.7 Å². The summed E-state index contributed by atoms with van der Waals surface area (Å²) in [6.45, 7) is 2.02. The summed E-state index contributed by atoms with van der Waals surface area (Å²) in [5, 5.41) is 0. The van der Waals surface area contributed by atoms with Crippen molar-refractivity contribution >= 4 is 54.5 Å². The molecule has 110 heavy (non-hydrogen) atoms. The highest BCUT2D eigenvalue weighted by molar-refractivity contribution is 7.98. The van der Waals surface area contributed by atoms with Gasteiger partial charge in [-0.2, -0.15) is 26.3 Å².